The smallest absolute Gasteiger partial charge is 0.0146 e. The lowest BCUT2D eigenvalue weighted by Crippen LogP contribution is -2.17. The second-order valence-electron chi connectivity index (χ2n) is 4.37. The summed E-state index contributed by atoms with van der Waals surface area (Å²) >= 11 is 0. The molecule has 76 valence electrons. The summed E-state index contributed by atoms with van der Waals surface area (Å²) in [4.78, 5) is 0. The molecule has 0 heterocycles. The van der Waals surface area contributed by atoms with E-state index in [1.54, 1.807) is 0 Å². The lowest BCUT2D eigenvalue weighted by molar-refractivity contribution is 0.634. The van der Waals surface area contributed by atoms with Gasteiger partial charge < -0.3 is 5.73 Å². The minimum absolute atomic E-state index is 0.312. The standard InChI is InChI=1S/C13H19N/c1-3-10-5-7-11(8-6-10)13(4-2)9-12(13)14/h5-8,12H,3-4,9,14H2,1-2H3. The molecule has 2 unspecified atom stereocenters. The summed E-state index contributed by atoms with van der Waals surface area (Å²) in [5.41, 5.74) is 9.17. The number of hydrogen-bond acceptors (Lipinski definition) is 1. The minimum atomic E-state index is 0.312. The van der Waals surface area contributed by atoms with Crippen molar-refractivity contribution in [2.45, 2.75) is 44.6 Å². The fourth-order valence-corrected chi connectivity index (χ4v) is 2.35. The van der Waals surface area contributed by atoms with Crippen LogP contribution in [-0.2, 0) is 11.8 Å². The van der Waals surface area contributed by atoms with Crippen LogP contribution < -0.4 is 5.73 Å². The Kier molecular flexibility index (Phi) is 2.36. The van der Waals surface area contributed by atoms with Crippen molar-refractivity contribution < 1.29 is 0 Å². The van der Waals surface area contributed by atoms with Crippen LogP contribution in [0.5, 0.6) is 0 Å². The zero-order valence-electron chi connectivity index (χ0n) is 9.09. The molecule has 14 heavy (non-hydrogen) atoms. The summed E-state index contributed by atoms with van der Waals surface area (Å²) in [6.45, 7) is 4.42. The van der Waals surface area contributed by atoms with Crippen LogP contribution in [-0.4, -0.2) is 6.04 Å². The van der Waals surface area contributed by atoms with E-state index in [-0.39, 0.29) is 0 Å². The molecule has 1 aliphatic carbocycles. The van der Waals surface area contributed by atoms with Gasteiger partial charge in [0.1, 0.15) is 0 Å². The Morgan fingerprint density at radius 3 is 2.21 bits per heavy atom. The SMILES string of the molecule is CCc1ccc(C2(CC)CC2N)cc1. The lowest BCUT2D eigenvalue weighted by atomic mass is 9.91. The fourth-order valence-electron chi connectivity index (χ4n) is 2.35. The Morgan fingerprint density at radius 1 is 1.29 bits per heavy atom. The largest absolute Gasteiger partial charge is 0.327 e. The zero-order chi connectivity index (χ0) is 10.2. The van der Waals surface area contributed by atoms with Crippen LogP contribution in [0.1, 0.15) is 37.8 Å². The van der Waals surface area contributed by atoms with E-state index in [9.17, 15) is 0 Å². The van der Waals surface area contributed by atoms with Crippen LogP contribution in [0, 0.1) is 0 Å². The molecule has 1 fully saturated rings. The van der Waals surface area contributed by atoms with Gasteiger partial charge in [-0.2, -0.15) is 0 Å². The molecule has 1 aliphatic rings. The van der Waals surface area contributed by atoms with E-state index >= 15 is 0 Å². The molecule has 1 heteroatoms. The third kappa shape index (κ3) is 1.36. The van der Waals surface area contributed by atoms with Crippen LogP contribution in [0.4, 0.5) is 0 Å². The van der Waals surface area contributed by atoms with E-state index in [0.29, 0.717) is 11.5 Å². The number of aryl methyl sites for hydroxylation is 1. The van der Waals surface area contributed by atoms with E-state index in [1.165, 1.54) is 17.5 Å². The third-order valence-corrected chi connectivity index (χ3v) is 3.70. The van der Waals surface area contributed by atoms with Gasteiger partial charge >= 0.3 is 0 Å². The Morgan fingerprint density at radius 2 is 1.86 bits per heavy atom. The minimum Gasteiger partial charge on any atom is -0.327 e. The molecule has 2 rings (SSSR count). The first-order chi connectivity index (χ1) is 6.73. The van der Waals surface area contributed by atoms with E-state index in [0.717, 1.165) is 12.8 Å². The van der Waals surface area contributed by atoms with Crippen molar-refractivity contribution in [2.75, 3.05) is 0 Å². The molecule has 2 N–H and O–H groups in total. The van der Waals surface area contributed by atoms with Gasteiger partial charge in [-0.05, 0) is 30.4 Å². The molecule has 1 saturated carbocycles. The fraction of sp³-hybridized carbons (Fsp3) is 0.538. The summed E-state index contributed by atoms with van der Waals surface area (Å²) < 4.78 is 0. The van der Waals surface area contributed by atoms with Gasteiger partial charge in [0, 0.05) is 11.5 Å². The van der Waals surface area contributed by atoms with Crippen molar-refractivity contribution >= 4 is 0 Å². The van der Waals surface area contributed by atoms with Gasteiger partial charge in [0.25, 0.3) is 0 Å². The molecule has 2 atom stereocenters. The average molecular weight is 189 g/mol. The Balaban J connectivity index is 2.25. The van der Waals surface area contributed by atoms with E-state index in [4.69, 9.17) is 5.73 Å². The average Bonchev–Trinajstić information content (AvgIpc) is 2.91. The van der Waals surface area contributed by atoms with Gasteiger partial charge in [0.2, 0.25) is 0 Å². The van der Waals surface area contributed by atoms with E-state index < -0.39 is 0 Å². The Hall–Kier alpha value is -0.820. The Bertz CT molecular complexity index is 311. The van der Waals surface area contributed by atoms with Crippen LogP contribution in [0.15, 0.2) is 24.3 Å². The highest BCUT2D eigenvalue weighted by Gasteiger charge is 2.51. The van der Waals surface area contributed by atoms with Crippen LogP contribution >= 0.6 is 0 Å². The number of hydrogen-bond donors (Lipinski definition) is 1. The van der Waals surface area contributed by atoms with Crippen molar-refractivity contribution in [3.05, 3.63) is 35.4 Å². The van der Waals surface area contributed by atoms with Crippen molar-refractivity contribution in [3.63, 3.8) is 0 Å². The summed E-state index contributed by atoms with van der Waals surface area (Å²) in [5.74, 6) is 0. The maximum atomic E-state index is 6.01. The first kappa shape index (κ1) is 9.72. The highest BCUT2D eigenvalue weighted by atomic mass is 14.8. The maximum Gasteiger partial charge on any atom is 0.0146 e. The van der Waals surface area contributed by atoms with Gasteiger partial charge in [-0.15, -0.1) is 0 Å². The Labute approximate surface area is 86.3 Å². The molecule has 0 saturated heterocycles. The van der Waals surface area contributed by atoms with Gasteiger partial charge in [-0.25, -0.2) is 0 Å². The summed E-state index contributed by atoms with van der Waals surface area (Å²) in [7, 11) is 0. The van der Waals surface area contributed by atoms with Crippen LogP contribution in [0.25, 0.3) is 0 Å². The van der Waals surface area contributed by atoms with Crippen molar-refractivity contribution in [1.82, 2.24) is 0 Å². The highest BCUT2D eigenvalue weighted by molar-refractivity contribution is 5.37. The second-order valence-corrected chi connectivity index (χ2v) is 4.37. The normalized spacial score (nSPS) is 30.4. The summed E-state index contributed by atoms with van der Waals surface area (Å²) in [6.07, 6.45) is 3.44. The topological polar surface area (TPSA) is 26.0 Å². The number of nitrogens with two attached hydrogens (primary N) is 1. The molecule has 1 aromatic carbocycles. The van der Waals surface area contributed by atoms with Crippen LogP contribution in [0.2, 0.25) is 0 Å². The molecule has 0 spiro atoms. The monoisotopic (exact) mass is 189 g/mol. The summed E-state index contributed by atoms with van der Waals surface area (Å²) in [6, 6.07) is 9.37. The van der Waals surface area contributed by atoms with Crippen LogP contribution in [0.3, 0.4) is 0 Å². The molecule has 0 aromatic heterocycles. The number of rotatable bonds is 3. The highest BCUT2D eigenvalue weighted by Crippen LogP contribution is 2.49. The van der Waals surface area contributed by atoms with Gasteiger partial charge in [0.15, 0.2) is 0 Å². The van der Waals surface area contributed by atoms with Crippen molar-refractivity contribution in [1.29, 1.82) is 0 Å². The first-order valence-electron chi connectivity index (χ1n) is 5.58. The van der Waals surface area contributed by atoms with Crippen molar-refractivity contribution in [3.8, 4) is 0 Å². The second kappa shape index (κ2) is 3.39. The molecule has 0 amide bonds. The molecular formula is C13H19N. The van der Waals surface area contributed by atoms with Gasteiger partial charge in [-0.3, -0.25) is 0 Å². The lowest BCUT2D eigenvalue weighted by Gasteiger charge is -2.14. The number of benzene rings is 1. The molecule has 1 aromatic rings. The molecule has 1 nitrogen and oxygen atoms in total. The predicted molar refractivity (Wildman–Crippen MR) is 60.4 cm³/mol. The van der Waals surface area contributed by atoms with Gasteiger partial charge in [0.05, 0.1) is 0 Å². The molecular weight excluding hydrogens is 170 g/mol. The predicted octanol–water partition coefficient (Wildman–Crippen LogP) is 2.63. The first-order valence-corrected chi connectivity index (χ1v) is 5.58. The van der Waals surface area contributed by atoms with E-state index in [2.05, 4.69) is 38.1 Å². The summed E-state index contributed by atoms with van der Waals surface area (Å²) in [5, 5.41) is 0. The third-order valence-electron chi connectivity index (χ3n) is 3.70. The van der Waals surface area contributed by atoms with Gasteiger partial charge in [-0.1, -0.05) is 38.1 Å². The van der Waals surface area contributed by atoms with Crippen molar-refractivity contribution in [2.24, 2.45) is 5.73 Å². The quantitative estimate of drug-likeness (QED) is 0.777. The molecule has 0 bridgehead atoms. The maximum absolute atomic E-state index is 6.01. The molecule has 0 radical (unpaired) electrons. The zero-order valence-corrected chi connectivity index (χ0v) is 9.09. The van der Waals surface area contributed by atoms with E-state index in [1.807, 2.05) is 0 Å². The molecule has 0 aliphatic heterocycles.